The Morgan fingerprint density at radius 1 is 0.733 bits per heavy atom. The number of hydrogen-bond acceptors (Lipinski definition) is 2. The van der Waals surface area contributed by atoms with Gasteiger partial charge in [-0.05, 0) is 86.9 Å². The summed E-state index contributed by atoms with van der Waals surface area (Å²) in [6.07, 6.45) is 10.7. The van der Waals surface area contributed by atoms with E-state index in [0.29, 0.717) is 0 Å². The number of unbranched alkanes of at least 4 members (excludes halogenated alkanes) is 2. The van der Waals surface area contributed by atoms with Gasteiger partial charge in [-0.1, -0.05) is 52.4 Å². The lowest BCUT2D eigenvalue weighted by Gasteiger charge is -2.42. The van der Waals surface area contributed by atoms with E-state index in [-0.39, 0.29) is 29.6 Å². The fourth-order valence-electron chi connectivity index (χ4n) is 6.79. The molecule has 0 bridgehead atoms. The van der Waals surface area contributed by atoms with Crippen molar-refractivity contribution >= 4 is 0 Å². The molecule has 2 N–H and O–H groups in total. The molecule has 3 aliphatic carbocycles. The molecule has 0 amide bonds. The molecule has 4 heteroatoms. The predicted molar refractivity (Wildman–Crippen MR) is 119 cm³/mol. The number of hydrogen-bond donors (Lipinski definition) is 2. The minimum atomic E-state index is -1.32. The lowest BCUT2D eigenvalue weighted by atomic mass is 9.66. The molecule has 3 aliphatic rings. The summed E-state index contributed by atoms with van der Waals surface area (Å²) >= 11 is 0. The van der Waals surface area contributed by atoms with Crippen LogP contribution in [0.4, 0.5) is 8.78 Å². The molecule has 0 saturated heterocycles. The molecule has 176 valence electrons. The Morgan fingerprint density at radius 3 is 1.87 bits per heavy atom. The van der Waals surface area contributed by atoms with Crippen LogP contribution in [0.2, 0.25) is 0 Å². The average Bonchev–Trinajstić information content (AvgIpc) is 2.77. The highest BCUT2D eigenvalue weighted by Crippen LogP contribution is 2.45. The summed E-state index contributed by atoms with van der Waals surface area (Å²) < 4.78 is 28.7. The van der Waals surface area contributed by atoms with Gasteiger partial charge in [0.2, 0.25) is 0 Å². The van der Waals surface area contributed by atoms with Gasteiger partial charge in [0.15, 0.2) is 0 Å². The quantitative estimate of drug-likeness (QED) is 0.426. The second kappa shape index (κ2) is 11.6. The maximum atomic E-state index is 14.6. The molecule has 3 fully saturated rings. The average molecular weight is 429 g/mol. The van der Waals surface area contributed by atoms with Crippen LogP contribution in [0.5, 0.6) is 0 Å². The van der Waals surface area contributed by atoms with Crippen LogP contribution >= 0.6 is 0 Å². The van der Waals surface area contributed by atoms with Crippen molar-refractivity contribution in [2.45, 2.75) is 128 Å². The van der Waals surface area contributed by atoms with E-state index in [1.54, 1.807) is 0 Å². The Hall–Kier alpha value is -0.220. The summed E-state index contributed by atoms with van der Waals surface area (Å²) in [6, 6.07) is 0. The van der Waals surface area contributed by atoms with Gasteiger partial charge in [-0.15, -0.1) is 0 Å². The lowest BCUT2D eigenvalue weighted by Crippen LogP contribution is -2.44. The summed E-state index contributed by atoms with van der Waals surface area (Å²) in [5, 5.41) is 21.7. The molecular weight excluding hydrogens is 382 g/mol. The van der Waals surface area contributed by atoms with E-state index in [9.17, 15) is 19.0 Å². The van der Waals surface area contributed by atoms with Crippen molar-refractivity contribution in [2.24, 2.45) is 35.5 Å². The fourth-order valence-corrected chi connectivity index (χ4v) is 6.79. The Morgan fingerprint density at radius 2 is 1.30 bits per heavy atom. The van der Waals surface area contributed by atoms with Gasteiger partial charge in [0, 0.05) is 0 Å². The molecule has 0 radical (unpaired) electrons. The zero-order valence-electron chi connectivity index (χ0n) is 19.3. The molecule has 0 heterocycles. The highest BCUT2D eigenvalue weighted by atomic mass is 19.2. The second-order valence-electron chi connectivity index (χ2n) is 11.0. The number of aliphatic hydroxyl groups excluding tert-OH is 2. The van der Waals surface area contributed by atoms with E-state index in [4.69, 9.17) is 0 Å². The Balaban J connectivity index is 1.41. The van der Waals surface area contributed by atoms with Gasteiger partial charge < -0.3 is 10.2 Å². The first-order chi connectivity index (χ1) is 14.4. The van der Waals surface area contributed by atoms with Crippen molar-refractivity contribution in [2.75, 3.05) is 0 Å². The predicted octanol–water partition coefficient (Wildman–Crippen LogP) is 6.62. The van der Waals surface area contributed by atoms with Crippen LogP contribution in [0, 0.1) is 35.5 Å². The summed E-state index contributed by atoms with van der Waals surface area (Å²) in [4.78, 5) is 0. The SMILES string of the molecule is CCCCCC1CCC(C(O)C(O)C2CCC(C3CCC(C)C(F)C3F)CC2)CC1. The summed E-state index contributed by atoms with van der Waals surface area (Å²) in [5.74, 6) is 1.07. The van der Waals surface area contributed by atoms with E-state index < -0.39 is 24.6 Å². The molecule has 0 aromatic carbocycles. The van der Waals surface area contributed by atoms with Gasteiger partial charge in [0.1, 0.15) is 12.3 Å². The summed E-state index contributed by atoms with van der Waals surface area (Å²) in [7, 11) is 0. The maximum Gasteiger partial charge on any atom is 0.134 e. The first-order valence-electron chi connectivity index (χ1n) is 13.1. The zero-order chi connectivity index (χ0) is 21.7. The lowest BCUT2D eigenvalue weighted by molar-refractivity contribution is -0.0739. The molecule has 3 rings (SSSR count). The molecule has 0 spiro atoms. The first-order valence-corrected chi connectivity index (χ1v) is 13.1. The van der Waals surface area contributed by atoms with Gasteiger partial charge >= 0.3 is 0 Å². The van der Waals surface area contributed by atoms with E-state index in [0.717, 1.165) is 57.3 Å². The maximum absolute atomic E-state index is 14.6. The number of alkyl halides is 2. The van der Waals surface area contributed by atoms with E-state index in [1.807, 2.05) is 6.92 Å². The number of rotatable bonds is 8. The van der Waals surface area contributed by atoms with Crippen molar-refractivity contribution in [3.05, 3.63) is 0 Å². The van der Waals surface area contributed by atoms with Crippen molar-refractivity contribution in [3.63, 3.8) is 0 Å². The van der Waals surface area contributed by atoms with E-state index in [1.165, 1.54) is 38.5 Å². The number of aliphatic hydroxyl groups is 2. The molecular formula is C26H46F2O2. The van der Waals surface area contributed by atoms with Gasteiger partial charge in [-0.3, -0.25) is 0 Å². The third-order valence-electron chi connectivity index (χ3n) is 9.06. The van der Waals surface area contributed by atoms with Gasteiger partial charge in [0.05, 0.1) is 12.2 Å². The summed E-state index contributed by atoms with van der Waals surface area (Å²) in [6.45, 7) is 4.06. The largest absolute Gasteiger partial charge is 0.390 e. The van der Waals surface area contributed by atoms with E-state index in [2.05, 4.69) is 6.92 Å². The van der Waals surface area contributed by atoms with Crippen LogP contribution in [0.25, 0.3) is 0 Å². The third-order valence-corrected chi connectivity index (χ3v) is 9.06. The normalized spacial score (nSPS) is 42.6. The fraction of sp³-hybridized carbons (Fsp3) is 1.00. The van der Waals surface area contributed by atoms with Crippen LogP contribution in [-0.2, 0) is 0 Å². The Labute approximate surface area is 183 Å². The summed E-state index contributed by atoms with van der Waals surface area (Å²) in [5.41, 5.74) is 0. The Bertz CT molecular complexity index is 485. The molecule has 2 nitrogen and oxygen atoms in total. The van der Waals surface area contributed by atoms with Crippen LogP contribution in [0.1, 0.15) is 104 Å². The minimum absolute atomic E-state index is 0.111. The van der Waals surface area contributed by atoms with Crippen molar-refractivity contribution < 1.29 is 19.0 Å². The third kappa shape index (κ3) is 5.97. The minimum Gasteiger partial charge on any atom is -0.390 e. The van der Waals surface area contributed by atoms with Crippen LogP contribution in [0.3, 0.4) is 0 Å². The van der Waals surface area contributed by atoms with Crippen molar-refractivity contribution in [3.8, 4) is 0 Å². The van der Waals surface area contributed by atoms with E-state index >= 15 is 0 Å². The van der Waals surface area contributed by atoms with Crippen LogP contribution in [-0.4, -0.2) is 34.8 Å². The highest BCUT2D eigenvalue weighted by molar-refractivity contribution is 4.93. The molecule has 6 atom stereocenters. The second-order valence-corrected chi connectivity index (χ2v) is 11.0. The Kier molecular flexibility index (Phi) is 9.43. The highest BCUT2D eigenvalue weighted by Gasteiger charge is 2.44. The first kappa shape index (κ1) is 24.4. The van der Waals surface area contributed by atoms with Crippen LogP contribution in [0.15, 0.2) is 0 Å². The number of halogens is 2. The molecule has 30 heavy (non-hydrogen) atoms. The standard InChI is InChI=1S/C26H46F2O2/c1-3-4-5-6-18-8-10-20(11-9-18)25(29)26(30)21-14-12-19(13-15-21)22-16-7-17(2)23(27)24(22)28/h17-26,29-30H,3-16H2,1-2H3. The smallest absolute Gasteiger partial charge is 0.134 e. The van der Waals surface area contributed by atoms with Gasteiger partial charge in [-0.2, -0.15) is 0 Å². The van der Waals surface area contributed by atoms with Gasteiger partial charge in [-0.25, -0.2) is 8.78 Å². The molecule has 0 aromatic heterocycles. The monoisotopic (exact) mass is 428 g/mol. The zero-order valence-corrected chi connectivity index (χ0v) is 19.3. The molecule has 3 saturated carbocycles. The molecule has 0 aromatic rings. The molecule has 0 aliphatic heterocycles. The van der Waals surface area contributed by atoms with Gasteiger partial charge in [0.25, 0.3) is 0 Å². The van der Waals surface area contributed by atoms with Crippen molar-refractivity contribution in [1.82, 2.24) is 0 Å². The molecule has 6 unspecified atom stereocenters. The topological polar surface area (TPSA) is 40.5 Å². The van der Waals surface area contributed by atoms with Crippen LogP contribution < -0.4 is 0 Å². The van der Waals surface area contributed by atoms with Crippen molar-refractivity contribution in [1.29, 1.82) is 0 Å².